The first kappa shape index (κ1) is 15.0. The number of nitrogens with zero attached hydrogens (tertiary/aromatic N) is 2. The van der Waals surface area contributed by atoms with E-state index in [1.54, 1.807) is 0 Å². The summed E-state index contributed by atoms with van der Waals surface area (Å²) in [4.78, 5) is 11.8. The molecule has 0 aliphatic carbocycles. The molecule has 0 aliphatic heterocycles. The molecule has 106 valence electrons. The van der Waals surface area contributed by atoms with E-state index in [0.717, 1.165) is 0 Å². The Hall–Kier alpha value is -1.38. The van der Waals surface area contributed by atoms with Crippen molar-refractivity contribution < 1.29 is 18.0 Å². The van der Waals surface area contributed by atoms with Crippen LogP contribution in [0.1, 0.15) is 15.4 Å². The average Bonchev–Trinajstić information content (AvgIpc) is 2.81. The van der Waals surface area contributed by atoms with Gasteiger partial charge in [-0.3, -0.25) is 10.1 Å². The zero-order chi connectivity index (χ0) is 14.9. The summed E-state index contributed by atoms with van der Waals surface area (Å²) in [5.41, 5.74) is 0.142. The average molecular weight is 342 g/mol. The second kappa shape index (κ2) is 5.55. The minimum absolute atomic E-state index is 0.142. The third kappa shape index (κ3) is 3.38. The maximum atomic E-state index is 12.3. The Labute approximate surface area is 124 Å². The number of carbonyl (C=O) groups is 1. The van der Waals surface area contributed by atoms with Gasteiger partial charge in [0.1, 0.15) is 0 Å². The fourth-order valence-corrected chi connectivity index (χ4v) is 2.10. The van der Waals surface area contributed by atoms with Crippen molar-refractivity contribution in [2.24, 2.45) is 0 Å². The molecular formula is C10H4Cl2F3N3OS. The summed E-state index contributed by atoms with van der Waals surface area (Å²) < 4.78 is 37.0. The summed E-state index contributed by atoms with van der Waals surface area (Å²) in [5, 5.41) is 7.42. The van der Waals surface area contributed by atoms with E-state index in [4.69, 9.17) is 23.2 Å². The van der Waals surface area contributed by atoms with Gasteiger partial charge in [0, 0.05) is 5.56 Å². The van der Waals surface area contributed by atoms with Gasteiger partial charge in [0.15, 0.2) is 0 Å². The molecule has 20 heavy (non-hydrogen) atoms. The lowest BCUT2D eigenvalue weighted by atomic mass is 10.2. The second-order valence-electron chi connectivity index (χ2n) is 3.49. The number of rotatable bonds is 2. The molecule has 0 bridgehead atoms. The number of benzene rings is 1. The van der Waals surface area contributed by atoms with Crippen LogP contribution in [0.3, 0.4) is 0 Å². The molecule has 4 nitrogen and oxygen atoms in total. The highest BCUT2D eigenvalue weighted by Gasteiger charge is 2.35. The van der Waals surface area contributed by atoms with Gasteiger partial charge < -0.3 is 0 Å². The highest BCUT2D eigenvalue weighted by molar-refractivity contribution is 7.15. The minimum atomic E-state index is -4.59. The highest BCUT2D eigenvalue weighted by atomic mass is 35.5. The number of carbonyl (C=O) groups excluding carboxylic acids is 1. The summed E-state index contributed by atoms with van der Waals surface area (Å²) in [6, 6.07) is 4.08. The van der Waals surface area contributed by atoms with Crippen molar-refractivity contribution in [1.29, 1.82) is 0 Å². The number of halogens is 5. The summed E-state index contributed by atoms with van der Waals surface area (Å²) in [5.74, 6) is -0.659. The second-order valence-corrected chi connectivity index (χ2v) is 5.29. The van der Waals surface area contributed by atoms with Crippen LogP contribution in [0.4, 0.5) is 18.3 Å². The zero-order valence-corrected chi connectivity index (χ0v) is 11.7. The van der Waals surface area contributed by atoms with Crippen LogP contribution in [-0.2, 0) is 6.18 Å². The Kier molecular flexibility index (Phi) is 4.17. The third-order valence-electron chi connectivity index (χ3n) is 2.07. The van der Waals surface area contributed by atoms with E-state index >= 15 is 0 Å². The summed E-state index contributed by atoms with van der Waals surface area (Å²) >= 11 is 11.7. The van der Waals surface area contributed by atoms with Crippen molar-refractivity contribution in [2.75, 3.05) is 5.32 Å². The quantitative estimate of drug-likeness (QED) is 0.893. The zero-order valence-electron chi connectivity index (χ0n) is 9.33. The number of nitrogens with one attached hydrogen (secondary N) is 1. The van der Waals surface area contributed by atoms with E-state index in [-0.39, 0.29) is 32.1 Å². The van der Waals surface area contributed by atoms with Crippen molar-refractivity contribution in [3.05, 3.63) is 38.8 Å². The first-order valence-corrected chi connectivity index (χ1v) is 6.51. The largest absolute Gasteiger partial charge is 0.445 e. The molecule has 0 unspecified atom stereocenters. The van der Waals surface area contributed by atoms with E-state index in [2.05, 4.69) is 15.5 Å². The Morgan fingerprint density at radius 3 is 2.45 bits per heavy atom. The molecule has 0 saturated heterocycles. The standard InChI is InChI=1S/C10H4Cl2F3N3OS/c11-5-2-1-4(3-6(5)12)7(19)16-9-18-17-8(20-9)10(13,14)15/h1-3H,(H,16,18,19). The smallest absolute Gasteiger partial charge is 0.296 e. The van der Waals surface area contributed by atoms with E-state index in [1.165, 1.54) is 18.2 Å². The normalized spacial score (nSPS) is 11.4. The van der Waals surface area contributed by atoms with Crippen LogP contribution in [0.2, 0.25) is 10.0 Å². The first-order valence-electron chi connectivity index (χ1n) is 4.94. The molecule has 1 aromatic heterocycles. The summed E-state index contributed by atoms with van der Waals surface area (Å²) in [6.07, 6.45) is -4.59. The molecule has 0 aliphatic rings. The molecular weight excluding hydrogens is 338 g/mol. The lowest BCUT2D eigenvalue weighted by molar-refractivity contribution is -0.138. The molecule has 10 heteroatoms. The SMILES string of the molecule is O=C(Nc1nnc(C(F)(F)F)s1)c1ccc(Cl)c(Cl)c1. The maximum Gasteiger partial charge on any atom is 0.445 e. The Bertz CT molecular complexity index is 659. The molecule has 1 aromatic carbocycles. The molecule has 1 N–H and O–H groups in total. The summed E-state index contributed by atoms with van der Waals surface area (Å²) in [6.45, 7) is 0. The Morgan fingerprint density at radius 1 is 1.20 bits per heavy atom. The Balaban J connectivity index is 2.15. The number of anilines is 1. The fraction of sp³-hybridized carbons (Fsp3) is 0.100. The van der Waals surface area contributed by atoms with Crippen LogP contribution >= 0.6 is 34.5 Å². The van der Waals surface area contributed by atoms with E-state index in [9.17, 15) is 18.0 Å². The molecule has 0 spiro atoms. The van der Waals surface area contributed by atoms with Gasteiger partial charge in [0.25, 0.3) is 5.91 Å². The third-order valence-corrected chi connectivity index (χ3v) is 3.69. The van der Waals surface area contributed by atoms with Crippen LogP contribution in [0.15, 0.2) is 18.2 Å². The number of alkyl halides is 3. The van der Waals surface area contributed by atoms with Gasteiger partial charge in [-0.25, -0.2) is 0 Å². The van der Waals surface area contributed by atoms with Crippen LogP contribution < -0.4 is 5.32 Å². The maximum absolute atomic E-state index is 12.3. The molecule has 0 atom stereocenters. The van der Waals surface area contributed by atoms with Crippen LogP contribution in [-0.4, -0.2) is 16.1 Å². The molecule has 2 rings (SSSR count). The predicted molar refractivity (Wildman–Crippen MR) is 69.3 cm³/mol. The van der Waals surface area contributed by atoms with Gasteiger partial charge in [0.05, 0.1) is 10.0 Å². The van der Waals surface area contributed by atoms with Crippen LogP contribution in [0, 0.1) is 0 Å². The first-order chi connectivity index (χ1) is 9.27. The van der Waals surface area contributed by atoms with Crippen molar-refractivity contribution in [2.45, 2.75) is 6.18 Å². The van der Waals surface area contributed by atoms with Gasteiger partial charge in [-0.2, -0.15) is 13.2 Å². The lowest BCUT2D eigenvalue weighted by Crippen LogP contribution is -2.11. The molecule has 0 saturated carbocycles. The number of hydrogen-bond acceptors (Lipinski definition) is 4. The number of hydrogen-bond donors (Lipinski definition) is 1. The van der Waals surface area contributed by atoms with Crippen molar-refractivity contribution in [3.63, 3.8) is 0 Å². The van der Waals surface area contributed by atoms with Crippen molar-refractivity contribution >= 4 is 45.6 Å². The van der Waals surface area contributed by atoms with Gasteiger partial charge in [0.2, 0.25) is 10.1 Å². The number of aromatic nitrogens is 2. The Morgan fingerprint density at radius 2 is 1.90 bits per heavy atom. The van der Waals surface area contributed by atoms with Gasteiger partial charge in [-0.1, -0.05) is 34.5 Å². The van der Waals surface area contributed by atoms with E-state index in [1.807, 2.05) is 0 Å². The monoisotopic (exact) mass is 341 g/mol. The minimum Gasteiger partial charge on any atom is -0.296 e. The van der Waals surface area contributed by atoms with Crippen molar-refractivity contribution in [1.82, 2.24) is 10.2 Å². The van der Waals surface area contributed by atoms with Crippen LogP contribution in [0.25, 0.3) is 0 Å². The van der Waals surface area contributed by atoms with Gasteiger partial charge in [-0.05, 0) is 18.2 Å². The van der Waals surface area contributed by atoms with E-state index < -0.39 is 17.1 Å². The fourth-order valence-electron chi connectivity index (χ4n) is 1.19. The molecule has 1 heterocycles. The molecule has 0 fully saturated rings. The van der Waals surface area contributed by atoms with Gasteiger partial charge in [-0.15, -0.1) is 10.2 Å². The van der Waals surface area contributed by atoms with Crippen molar-refractivity contribution in [3.8, 4) is 0 Å². The van der Waals surface area contributed by atoms with E-state index in [0.29, 0.717) is 0 Å². The predicted octanol–water partition coefficient (Wildman–Crippen LogP) is 4.12. The molecule has 0 radical (unpaired) electrons. The highest BCUT2D eigenvalue weighted by Crippen LogP contribution is 2.33. The lowest BCUT2D eigenvalue weighted by Gasteiger charge is -2.02. The van der Waals surface area contributed by atoms with Gasteiger partial charge >= 0.3 is 6.18 Å². The number of amides is 1. The summed E-state index contributed by atoms with van der Waals surface area (Å²) in [7, 11) is 0. The molecule has 2 aromatic rings. The van der Waals surface area contributed by atoms with Crippen LogP contribution in [0.5, 0.6) is 0 Å². The molecule has 1 amide bonds. The topological polar surface area (TPSA) is 54.9 Å².